The number of carbonyl (C=O) groups is 1. The van der Waals surface area contributed by atoms with Crippen molar-refractivity contribution in [2.24, 2.45) is 23.2 Å². The van der Waals surface area contributed by atoms with Crippen LogP contribution in [0.1, 0.15) is 105 Å². The summed E-state index contributed by atoms with van der Waals surface area (Å²) in [6, 6.07) is 1.42. The Labute approximate surface area is 420 Å². The van der Waals surface area contributed by atoms with Crippen LogP contribution in [0, 0.1) is 34.5 Å². The average Bonchev–Trinajstić information content (AvgIpc) is 3.85. The van der Waals surface area contributed by atoms with Crippen molar-refractivity contribution in [2.75, 3.05) is 48.6 Å². The molecule has 3 heterocycles. The molecular formula is C51H83N4O15P. The number of nitrogens with one attached hydrogen (secondary N) is 1. The molecule has 0 saturated carbocycles. The molecule has 15 atom stereocenters. The number of rotatable bonds is 27. The van der Waals surface area contributed by atoms with Crippen molar-refractivity contribution in [3.8, 4) is 6.07 Å². The maximum absolute atomic E-state index is 12.6. The van der Waals surface area contributed by atoms with Crippen LogP contribution in [0.2, 0.25) is 0 Å². The molecule has 2 saturated heterocycles. The number of phosphoric ester groups is 1. The third-order valence-electron chi connectivity index (χ3n) is 14.3. The van der Waals surface area contributed by atoms with E-state index in [0.717, 1.165) is 16.7 Å². The first-order valence-corrected chi connectivity index (χ1v) is 25.7. The van der Waals surface area contributed by atoms with Crippen molar-refractivity contribution >= 4 is 19.8 Å². The minimum Gasteiger partial charge on any atom is -0.448 e. The Hall–Kier alpha value is -3.42. The summed E-state index contributed by atoms with van der Waals surface area (Å²) in [5.74, 6) is -3.23. The van der Waals surface area contributed by atoms with Crippen LogP contribution in [0.25, 0.3) is 6.08 Å². The maximum Gasteiger partial charge on any atom is 0.469 e. The topological polar surface area (TPSA) is 276 Å². The molecule has 71 heavy (non-hydrogen) atoms. The van der Waals surface area contributed by atoms with Crippen molar-refractivity contribution in [1.29, 1.82) is 5.26 Å². The van der Waals surface area contributed by atoms with Crippen LogP contribution < -0.4 is 5.32 Å². The first kappa shape index (κ1) is 61.9. The first-order chi connectivity index (χ1) is 33.2. The predicted molar refractivity (Wildman–Crippen MR) is 267 cm³/mol. The Balaban J connectivity index is 1.77. The summed E-state index contributed by atoms with van der Waals surface area (Å²) >= 11 is 0. The zero-order valence-corrected chi connectivity index (χ0v) is 45.0. The third kappa shape index (κ3) is 16.8. The van der Waals surface area contributed by atoms with Gasteiger partial charge in [0.1, 0.15) is 30.3 Å². The summed E-state index contributed by atoms with van der Waals surface area (Å²) < 4.78 is 54.6. The summed E-state index contributed by atoms with van der Waals surface area (Å²) in [6.07, 6.45) is 5.63. The third-order valence-corrected chi connectivity index (χ3v) is 14.8. The Morgan fingerprint density at radius 3 is 2.34 bits per heavy atom. The Kier molecular flexibility index (Phi) is 24.2. The highest BCUT2D eigenvalue weighted by molar-refractivity contribution is 7.46. The molecule has 0 bridgehead atoms. The van der Waals surface area contributed by atoms with E-state index < -0.39 is 91.8 Å². The summed E-state index contributed by atoms with van der Waals surface area (Å²) in [6.45, 7) is 17.0. The lowest BCUT2D eigenvalue weighted by Crippen LogP contribution is -2.58. The van der Waals surface area contributed by atoms with Gasteiger partial charge in [-0.3, -0.25) is 9.32 Å². The highest BCUT2D eigenvalue weighted by Gasteiger charge is 2.68. The van der Waals surface area contributed by atoms with E-state index in [9.17, 15) is 39.6 Å². The number of aliphatic hydroxyl groups excluding tert-OH is 4. The van der Waals surface area contributed by atoms with E-state index in [2.05, 4.69) is 10.3 Å². The van der Waals surface area contributed by atoms with Gasteiger partial charge in [-0.05, 0) is 64.9 Å². The van der Waals surface area contributed by atoms with Gasteiger partial charge < -0.3 is 68.5 Å². The van der Waals surface area contributed by atoms with Crippen molar-refractivity contribution in [3.63, 3.8) is 0 Å². The lowest BCUT2D eigenvalue weighted by atomic mass is 9.72. The number of hydrogen-bond donors (Lipinski definition) is 7. The van der Waals surface area contributed by atoms with Crippen LogP contribution in [0.15, 0.2) is 63.9 Å². The molecule has 2 aliphatic rings. The molecule has 0 unspecified atom stereocenters. The Morgan fingerprint density at radius 2 is 1.75 bits per heavy atom. The monoisotopic (exact) mass is 1020 g/mol. The van der Waals surface area contributed by atoms with Crippen molar-refractivity contribution in [2.45, 2.75) is 161 Å². The van der Waals surface area contributed by atoms with Gasteiger partial charge in [0, 0.05) is 75.9 Å². The zero-order chi connectivity index (χ0) is 53.6. The fourth-order valence-electron chi connectivity index (χ4n) is 9.26. The molecule has 0 aliphatic carbocycles. The smallest absolute Gasteiger partial charge is 0.448 e. The largest absolute Gasteiger partial charge is 0.469 e. The highest BCUT2D eigenvalue weighted by atomic mass is 31.2. The Morgan fingerprint density at radius 1 is 1.07 bits per heavy atom. The second-order valence-electron chi connectivity index (χ2n) is 20.1. The highest BCUT2D eigenvalue weighted by Crippen LogP contribution is 2.59. The molecule has 2 fully saturated rings. The molecule has 7 N–H and O–H groups in total. The number of nitrogens with zero attached hydrogens (tertiary/aromatic N) is 3. The van der Waals surface area contributed by atoms with Crippen molar-refractivity contribution < 1.29 is 72.2 Å². The number of oxazole rings is 1. The number of carbonyl (C=O) groups excluding carboxylic acids is 1. The second kappa shape index (κ2) is 27.8. The fourth-order valence-corrected chi connectivity index (χ4v) is 9.94. The molecule has 2 aliphatic heterocycles. The number of likely N-dealkylation sites (N-methyl/N-ethyl adjacent to an activating group) is 1. The van der Waals surface area contributed by atoms with E-state index in [1.54, 1.807) is 38.9 Å². The predicted octanol–water partition coefficient (Wildman–Crippen LogP) is 5.34. The molecule has 3 rings (SSSR count). The molecule has 0 radical (unpaired) electrons. The number of phosphoric acid groups is 1. The molecule has 20 heteroatoms. The number of ether oxygens (including phenoxy) is 5. The number of methoxy groups -OCH3 is 3. The van der Waals surface area contributed by atoms with E-state index >= 15 is 0 Å². The van der Waals surface area contributed by atoms with Crippen LogP contribution in [-0.4, -0.2) is 161 Å². The van der Waals surface area contributed by atoms with Gasteiger partial charge in [0.15, 0.2) is 17.8 Å². The van der Waals surface area contributed by atoms with Gasteiger partial charge in [-0.25, -0.2) is 9.55 Å². The maximum atomic E-state index is 12.6. The normalized spacial score (nSPS) is 27.4. The minimum atomic E-state index is -5.13. The average molecular weight is 1020 g/mol. The van der Waals surface area contributed by atoms with E-state index in [0.29, 0.717) is 18.0 Å². The number of allylic oxidation sites excluding steroid dienone is 7. The van der Waals surface area contributed by atoms with Crippen LogP contribution >= 0.6 is 7.82 Å². The molecule has 1 amide bonds. The number of aromatic nitrogens is 1. The molecule has 1 aromatic rings. The summed E-state index contributed by atoms with van der Waals surface area (Å²) in [5, 5.41) is 55.8. The van der Waals surface area contributed by atoms with Gasteiger partial charge in [-0.2, -0.15) is 5.26 Å². The molecule has 19 nitrogen and oxygen atoms in total. The van der Waals surface area contributed by atoms with E-state index in [-0.39, 0.29) is 50.2 Å². The first-order valence-electron chi connectivity index (χ1n) is 24.2. The van der Waals surface area contributed by atoms with Gasteiger partial charge in [0.2, 0.25) is 0 Å². The number of hydrogen-bond acceptors (Lipinski definition) is 16. The summed E-state index contributed by atoms with van der Waals surface area (Å²) in [4.78, 5) is 39.4. The molecule has 1 spiro atoms. The second-order valence-corrected chi connectivity index (χ2v) is 21.3. The molecule has 0 aromatic carbocycles. The molecular weight excluding hydrogens is 940 g/mol. The van der Waals surface area contributed by atoms with Gasteiger partial charge >= 0.3 is 7.82 Å². The van der Waals surface area contributed by atoms with Crippen LogP contribution in [0.5, 0.6) is 0 Å². The van der Waals surface area contributed by atoms with E-state index in [1.165, 1.54) is 33.7 Å². The van der Waals surface area contributed by atoms with Gasteiger partial charge in [-0.1, -0.05) is 77.5 Å². The van der Waals surface area contributed by atoms with Crippen molar-refractivity contribution in [1.82, 2.24) is 15.2 Å². The van der Waals surface area contributed by atoms with E-state index in [1.807, 2.05) is 84.9 Å². The molecule has 1 aromatic heterocycles. The number of nitriles is 1. The van der Waals surface area contributed by atoms with Crippen molar-refractivity contribution in [3.05, 3.63) is 71.0 Å². The van der Waals surface area contributed by atoms with E-state index in [4.69, 9.17) is 37.9 Å². The fraction of sp³-hybridized carbons (Fsp3) is 0.706. The quantitative estimate of drug-likeness (QED) is 0.0333. The molecule has 402 valence electrons. The van der Waals surface area contributed by atoms with Crippen LogP contribution in [0.3, 0.4) is 0 Å². The summed E-state index contributed by atoms with van der Waals surface area (Å²) in [5.41, 5.74) is 2.02. The van der Waals surface area contributed by atoms with Crippen LogP contribution in [-0.2, 0) is 37.6 Å². The standard InChI is InChI=1S/C51H83N4O15P/c1-30(21-23-52)17-15-18-31(2)33(4)25-34(5)43(57)36(7)41(65-13)26-42(66-14)46-47(70-71(61,62)63)50(8,9)51(69-46)27-39(56)35(6)40(68-51)20-16-19-37-28-67-49(54-37)32(3)22-24-53-48(60)45(59)44(58)38(29-64-12)55(10)11/h15-19,21,25,28,32,34-36,38-47,56-59H,20,22,24,26-27,29H2,1-14H3,(H,53,60)(H2,61,62,63)/b17-15+,19-16+,30-21+,31-18-,33-25+/t32-,34+,35-,36-,38-,39+,40-,41-,42-,43+,44-,45-,46+,47-,51+/m0/s1. The minimum absolute atomic E-state index is 0.0316. The Bertz CT molecular complexity index is 2090. The lowest BCUT2D eigenvalue weighted by molar-refractivity contribution is -0.334. The van der Waals surface area contributed by atoms with Gasteiger partial charge in [0.05, 0.1) is 49.2 Å². The van der Waals surface area contributed by atoms with Crippen LogP contribution in [0.4, 0.5) is 0 Å². The van der Waals surface area contributed by atoms with Gasteiger partial charge in [0.25, 0.3) is 5.91 Å². The summed E-state index contributed by atoms with van der Waals surface area (Å²) in [7, 11) is 2.75. The SMILES string of the molecule is COC[C@@H]([C@H](O)[C@H](O)C(=O)NCC[C@H](C)c1nc(/C=C/C[C@@H]2O[C@]3(C[C@@H](O)[C@@H]2C)O[C@H]([C@H](C[C@H](OC)[C@H](C)[C@H](O)[C@H](C)/C=C(C)/C(C)=C\C=C\C(C)=C\C#N)OC)[C@H](OP(=O)(O)O)C3(C)C)co1)N(C)C. The lowest BCUT2D eigenvalue weighted by Gasteiger charge is -2.50. The number of aliphatic hydroxyl groups is 4. The zero-order valence-electron chi connectivity index (χ0n) is 44.1. The number of amides is 1. The van der Waals surface area contributed by atoms with Gasteiger partial charge in [-0.15, -0.1) is 0 Å².